The number of nitrogens with one attached hydrogen (secondary N) is 1. The summed E-state index contributed by atoms with van der Waals surface area (Å²) >= 11 is 0. The second kappa shape index (κ2) is 6.88. The molecule has 1 aliphatic rings. The number of carbonyl (C=O) groups excluding carboxylic acids is 2. The van der Waals surface area contributed by atoms with Crippen molar-refractivity contribution in [1.29, 1.82) is 0 Å². The summed E-state index contributed by atoms with van der Waals surface area (Å²) in [7, 11) is 0. The molecule has 1 heterocycles. The Bertz CT molecular complexity index is 384. The van der Waals surface area contributed by atoms with Gasteiger partial charge in [0.1, 0.15) is 6.10 Å². The molecule has 116 valence electrons. The summed E-state index contributed by atoms with van der Waals surface area (Å²) in [5.41, 5.74) is 0.0290. The topological polar surface area (TPSA) is 64.6 Å². The fourth-order valence-electron chi connectivity index (χ4n) is 2.02. The van der Waals surface area contributed by atoms with E-state index in [1.807, 2.05) is 20.8 Å². The number of rotatable bonds is 4. The molecule has 0 spiro atoms. The lowest BCUT2D eigenvalue weighted by molar-refractivity contribution is -0.119. The van der Waals surface area contributed by atoms with Gasteiger partial charge in [0.15, 0.2) is 5.78 Å². The van der Waals surface area contributed by atoms with Crippen molar-refractivity contribution in [3.05, 3.63) is 12.2 Å². The quantitative estimate of drug-likeness (QED) is 0.807. The molecule has 20 heavy (non-hydrogen) atoms. The largest absolute Gasteiger partial charge is 0.446 e. The highest BCUT2D eigenvalue weighted by Gasteiger charge is 2.33. The highest BCUT2D eigenvalue weighted by atomic mass is 16.6. The SMILES string of the molecule is C=C(C)C(=O)C(NC(=O)OC1CCOCC1)C(C)(C)C.[HH]. The molecule has 1 saturated heterocycles. The molecule has 0 aromatic carbocycles. The van der Waals surface area contributed by atoms with Crippen molar-refractivity contribution < 1.29 is 20.5 Å². The van der Waals surface area contributed by atoms with Crippen molar-refractivity contribution in [3.63, 3.8) is 0 Å². The molecule has 5 nitrogen and oxygen atoms in total. The highest BCUT2D eigenvalue weighted by Crippen LogP contribution is 2.22. The predicted octanol–water partition coefficient (Wildman–Crippen LogP) is 2.70. The van der Waals surface area contributed by atoms with Crippen molar-refractivity contribution in [2.75, 3.05) is 13.2 Å². The summed E-state index contributed by atoms with van der Waals surface area (Å²) in [6, 6.07) is -0.632. The summed E-state index contributed by atoms with van der Waals surface area (Å²) < 4.78 is 10.5. The molecule has 0 saturated carbocycles. The van der Waals surface area contributed by atoms with E-state index in [0.717, 1.165) is 0 Å². The van der Waals surface area contributed by atoms with E-state index < -0.39 is 17.6 Å². The van der Waals surface area contributed by atoms with E-state index in [4.69, 9.17) is 9.47 Å². The van der Waals surface area contributed by atoms with E-state index in [9.17, 15) is 9.59 Å². The van der Waals surface area contributed by atoms with E-state index in [1.54, 1.807) is 6.92 Å². The number of carbonyl (C=O) groups is 2. The van der Waals surface area contributed by atoms with Crippen molar-refractivity contribution in [3.8, 4) is 0 Å². The zero-order valence-electron chi connectivity index (χ0n) is 12.8. The first-order chi connectivity index (χ1) is 9.21. The Hall–Kier alpha value is -1.36. The van der Waals surface area contributed by atoms with Gasteiger partial charge in [0.05, 0.1) is 19.3 Å². The van der Waals surface area contributed by atoms with E-state index in [-0.39, 0.29) is 13.3 Å². The van der Waals surface area contributed by atoms with Crippen molar-refractivity contribution in [2.45, 2.75) is 52.7 Å². The summed E-state index contributed by atoms with van der Waals surface area (Å²) in [5.74, 6) is -0.165. The molecular weight excluding hydrogens is 258 g/mol. The van der Waals surface area contributed by atoms with Crippen LogP contribution in [0.5, 0.6) is 0 Å². The summed E-state index contributed by atoms with van der Waals surface area (Å²) in [6.45, 7) is 12.2. The molecule has 1 atom stereocenters. The second-order valence-electron chi connectivity index (χ2n) is 6.30. The summed E-state index contributed by atoms with van der Waals surface area (Å²) in [5, 5.41) is 2.67. The number of amides is 1. The molecule has 1 fully saturated rings. The Morgan fingerprint density at radius 1 is 1.35 bits per heavy atom. The Morgan fingerprint density at radius 3 is 2.35 bits per heavy atom. The highest BCUT2D eigenvalue weighted by molar-refractivity contribution is 6.00. The maximum atomic E-state index is 12.1. The first-order valence-electron chi connectivity index (χ1n) is 6.96. The lowest BCUT2D eigenvalue weighted by Gasteiger charge is -2.31. The molecule has 1 rings (SSSR count). The average Bonchev–Trinajstić information content (AvgIpc) is 2.35. The third-order valence-electron chi connectivity index (χ3n) is 3.25. The van der Waals surface area contributed by atoms with Crippen LogP contribution in [-0.2, 0) is 14.3 Å². The third-order valence-corrected chi connectivity index (χ3v) is 3.25. The van der Waals surface area contributed by atoms with Crippen LogP contribution in [0.15, 0.2) is 12.2 Å². The van der Waals surface area contributed by atoms with E-state index >= 15 is 0 Å². The van der Waals surface area contributed by atoms with E-state index in [2.05, 4.69) is 11.9 Å². The van der Waals surface area contributed by atoms with Gasteiger partial charge in [-0.2, -0.15) is 0 Å². The van der Waals surface area contributed by atoms with Crippen LogP contribution in [0.3, 0.4) is 0 Å². The number of hydrogen-bond donors (Lipinski definition) is 1. The summed E-state index contributed by atoms with van der Waals surface area (Å²) in [6.07, 6.45) is 0.708. The van der Waals surface area contributed by atoms with Crippen molar-refractivity contribution >= 4 is 11.9 Å². The maximum absolute atomic E-state index is 12.1. The molecule has 1 N–H and O–H groups in total. The number of ketones is 1. The normalized spacial score (nSPS) is 18.2. The van der Waals surface area contributed by atoms with Gasteiger partial charge >= 0.3 is 6.09 Å². The molecular formula is C15H27NO4. The van der Waals surface area contributed by atoms with Gasteiger partial charge in [0.25, 0.3) is 0 Å². The summed E-state index contributed by atoms with van der Waals surface area (Å²) in [4.78, 5) is 24.1. The number of alkyl carbamates (subject to hydrolysis) is 1. The third kappa shape index (κ3) is 4.96. The lowest BCUT2D eigenvalue weighted by atomic mass is 9.82. The minimum Gasteiger partial charge on any atom is -0.446 e. The van der Waals surface area contributed by atoms with Crippen LogP contribution in [0, 0.1) is 5.41 Å². The zero-order chi connectivity index (χ0) is 15.3. The van der Waals surface area contributed by atoms with Crippen LogP contribution < -0.4 is 5.32 Å². The Labute approximate surface area is 122 Å². The molecule has 0 bridgehead atoms. The molecule has 0 aliphatic carbocycles. The number of hydrogen-bond acceptors (Lipinski definition) is 4. The number of ether oxygens (including phenoxy) is 2. The predicted molar refractivity (Wildman–Crippen MR) is 78.6 cm³/mol. The monoisotopic (exact) mass is 285 g/mol. The van der Waals surface area contributed by atoms with Gasteiger partial charge in [-0.3, -0.25) is 4.79 Å². The Balaban J connectivity index is 0.00000400. The Kier molecular flexibility index (Phi) is 5.74. The molecule has 5 heteroatoms. The van der Waals surface area contributed by atoms with Crippen LogP contribution in [-0.4, -0.2) is 37.2 Å². The zero-order valence-corrected chi connectivity index (χ0v) is 12.8. The van der Waals surface area contributed by atoms with Gasteiger partial charge in [0.2, 0.25) is 0 Å². The average molecular weight is 285 g/mol. The molecule has 1 amide bonds. The van der Waals surface area contributed by atoms with Crippen molar-refractivity contribution in [1.82, 2.24) is 5.32 Å². The molecule has 0 aromatic rings. The fourth-order valence-corrected chi connectivity index (χ4v) is 2.02. The smallest absolute Gasteiger partial charge is 0.408 e. The molecule has 0 radical (unpaired) electrons. The van der Waals surface area contributed by atoms with Gasteiger partial charge in [-0.25, -0.2) is 4.79 Å². The standard InChI is InChI=1S/C15H25NO4.H2/c1-10(2)12(17)13(15(3,4)5)16-14(18)20-11-6-8-19-9-7-11;/h11,13H,1,6-9H2,2-5H3,(H,16,18);1H. The van der Waals surface area contributed by atoms with E-state index in [0.29, 0.717) is 31.6 Å². The number of Topliss-reactive ketones (excluding diaryl/α,β-unsaturated/α-hetero) is 1. The van der Waals surface area contributed by atoms with Gasteiger partial charge in [-0.05, 0) is 17.9 Å². The van der Waals surface area contributed by atoms with Crippen molar-refractivity contribution in [2.24, 2.45) is 5.41 Å². The second-order valence-corrected chi connectivity index (χ2v) is 6.30. The van der Waals surface area contributed by atoms with Crippen LogP contribution in [0.1, 0.15) is 42.0 Å². The minimum absolute atomic E-state index is 0. The maximum Gasteiger partial charge on any atom is 0.408 e. The first-order valence-corrected chi connectivity index (χ1v) is 6.96. The molecule has 1 unspecified atom stereocenters. The molecule has 0 aromatic heterocycles. The molecule has 1 aliphatic heterocycles. The van der Waals surface area contributed by atoms with Gasteiger partial charge < -0.3 is 14.8 Å². The Morgan fingerprint density at radius 2 is 1.90 bits per heavy atom. The lowest BCUT2D eigenvalue weighted by Crippen LogP contribution is -2.50. The van der Waals surface area contributed by atoms with Crippen LogP contribution >= 0.6 is 0 Å². The van der Waals surface area contributed by atoms with Gasteiger partial charge in [-0.15, -0.1) is 0 Å². The van der Waals surface area contributed by atoms with Gasteiger partial charge in [-0.1, -0.05) is 27.4 Å². The van der Waals surface area contributed by atoms with E-state index in [1.165, 1.54) is 0 Å². The van der Waals surface area contributed by atoms with Crippen LogP contribution in [0.25, 0.3) is 0 Å². The fraction of sp³-hybridized carbons (Fsp3) is 0.733. The van der Waals surface area contributed by atoms with Crippen LogP contribution in [0.2, 0.25) is 0 Å². The minimum atomic E-state index is -0.632. The van der Waals surface area contributed by atoms with Gasteiger partial charge in [0, 0.05) is 14.3 Å². The van der Waals surface area contributed by atoms with Crippen LogP contribution in [0.4, 0.5) is 4.79 Å². The first kappa shape index (κ1) is 16.7.